The van der Waals surface area contributed by atoms with Crippen LogP contribution in [0.3, 0.4) is 0 Å². The Bertz CT molecular complexity index is 439. The molecule has 116 valence electrons. The molecule has 2 heterocycles. The minimum absolute atomic E-state index is 0.216. The predicted octanol–water partition coefficient (Wildman–Crippen LogP) is 3.87. The summed E-state index contributed by atoms with van der Waals surface area (Å²) in [5.41, 5.74) is 1.63. The second kappa shape index (κ2) is 7.36. The monoisotopic (exact) mass is 325 g/mol. The topological polar surface area (TPSA) is 21.3 Å². The molecule has 4 heteroatoms. The van der Waals surface area contributed by atoms with E-state index >= 15 is 0 Å². The summed E-state index contributed by atoms with van der Waals surface area (Å²) in [6.45, 7) is 2.79. The van der Waals surface area contributed by atoms with E-state index in [0.717, 1.165) is 37.6 Å². The summed E-state index contributed by atoms with van der Waals surface area (Å²) < 4.78 is 5.60. The molecule has 1 N–H and O–H groups in total. The maximum absolute atomic E-state index is 6.05. The average molecular weight is 326 g/mol. The van der Waals surface area contributed by atoms with Gasteiger partial charge in [-0.1, -0.05) is 23.7 Å². The first-order valence-electron chi connectivity index (χ1n) is 7.93. The zero-order valence-electron chi connectivity index (χ0n) is 12.4. The van der Waals surface area contributed by atoms with Crippen molar-refractivity contribution in [3.05, 3.63) is 34.9 Å². The van der Waals surface area contributed by atoms with Crippen LogP contribution in [0.4, 0.5) is 0 Å². The minimum atomic E-state index is 0.216. The van der Waals surface area contributed by atoms with Crippen LogP contribution in [0.1, 0.15) is 31.2 Å². The summed E-state index contributed by atoms with van der Waals surface area (Å²) in [4.78, 5) is 0. The molecule has 0 spiro atoms. The van der Waals surface area contributed by atoms with Gasteiger partial charge in [-0.2, -0.15) is 11.8 Å². The maximum atomic E-state index is 6.05. The molecule has 0 bridgehead atoms. The van der Waals surface area contributed by atoms with Crippen molar-refractivity contribution in [3.8, 4) is 0 Å². The van der Waals surface area contributed by atoms with Crippen molar-refractivity contribution >= 4 is 23.4 Å². The molecule has 2 aliphatic heterocycles. The zero-order valence-corrected chi connectivity index (χ0v) is 14.0. The molecule has 0 aromatic heterocycles. The van der Waals surface area contributed by atoms with Crippen molar-refractivity contribution in [2.75, 3.05) is 31.3 Å². The minimum Gasteiger partial charge on any atom is -0.381 e. The van der Waals surface area contributed by atoms with Gasteiger partial charge in [-0.15, -0.1) is 0 Å². The van der Waals surface area contributed by atoms with Crippen LogP contribution in [-0.2, 0) is 10.2 Å². The molecule has 0 atom stereocenters. The summed E-state index contributed by atoms with van der Waals surface area (Å²) in [7, 11) is 0. The lowest BCUT2D eigenvalue weighted by Gasteiger charge is -2.39. The van der Waals surface area contributed by atoms with Crippen LogP contribution >= 0.6 is 23.4 Å². The Hall–Kier alpha value is -0.220. The van der Waals surface area contributed by atoms with Gasteiger partial charge in [-0.05, 0) is 54.9 Å². The summed E-state index contributed by atoms with van der Waals surface area (Å²) in [6.07, 6.45) is 4.81. The largest absolute Gasteiger partial charge is 0.381 e. The molecule has 1 aromatic rings. The molecular formula is C17H24ClNOS. The number of ether oxygens (including phenoxy) is 1. The van der Waals surface area contributed by atoms with E-state index in [1.807, 2.05) is 12.1 Å². The highest BCUT2D eigenvalue weighted by molar-refractivity contribution is 7.99. The van der Waals surface area contributed by atoms with E-state index < -0.39 is 0 Å². The SMILES string of the molecule is Clc1ccc(C2(CNC3CCSCC3)CCOCC2)cc1. The summed E-state index contributed by atoms with van der Waals surface area (Å²) in [5.74, 6) is 2.60. The van der Waals surface area contributed by atoms with Crippen LogP contribution < -0.4 is 5.32 Å². The first-order chi connectivity index (χ1) is 10.3. The number of halogens is 1. The van der Waals surface area contributed by atoms with Crippen LogP contribution in [0, 0.1) is 0 Å². The van der Waals surface area contributed by atoms with E-state index in [2.05, 4.69) is 29.2 Å². The first kappa shape index (κ1) is 15.7. The molecule has 2 fully saturated rings. The van der Waals surface area contributed by atoms with E-state index in [9.17, 15) is 0 Å². The van der Waals surface area contributed by atoms with E-state index in [0.29, 0.717) is 6.04 Å². The number of hydrogen-bond donors (Lipinski definition) is 1. The van der Waals surface area contributed by atoms with E-state index in [1.54, 1.807) is 0 Å². The Morgan fingerprint density at radius 3 is 2.48 bits per heavy atom. The van der Waals surface area contributed by atoms with Crippen LogP contribution in [0.5, 0.6) is 0 Å². The quantitative estimate of drug-likeness (QED) is 0.908. The second-order valence-electron chi connectivity index (χ2n) is 6.17. The Labute approximate surface area is 137 Å². The van der Waals surface area contributed by atoms with Gasteiger partial charge in [0.15, 0.2) is 0 Å². The number of benzene rings is 1. The van der Waals surface area contributed by atoms with E-state index in [4.69, 9.17) is 16.3 Å². The smallest absolute Gasteiger partial charge is 0.0475 e. The molecular weight excluding hydrogens is 302 g/mol. The Balaban J connectivity index is 1.71. The van der Waals surface area contributed by atoms with Gasteiger partial charge in [-0.3, -0.25) is 0 Å². The molecule has 1 aromatic carbocycles. The molecule has 0 unspecified atom stereocenters. The standard InChI is InChI=1S/C17H24ClNOS/c18-15-3-1-14(2-4-15)17(7-9-20-10-8-17)13-19-16-5-11-21-12-6-16/h1-4,16,19H,5-13H2. The fraction of sp³-hybridized carbons (Fsp3) is 0.647. The van der Waals surface area contributed by atoms with Crippen LogP contribution in [0.15, 0.2) is 24.3 Å². The van der Waals surface area contributed by atoms with Crippen molar-refractivity contribution < 1.29 is 4.74 Å². The van der Waals surface area contributed by atoms with Crippen molar-refractivity contribution in [2.24, 2.45) is 0 Å². The van der Waals surface area contributed by atoms with Gasteiger partial charge in [-0.25, -0.2) is 0 Å². The molecule has 0 saturated carbocycles. The van der Waals surface area contributed by atoms with Gasteiger partial charge in [0.05, 0.1) is 0 Å². The van der Waals surface area contributed by atoms with Crippen molar-refractivity contribution in [2.45, 2.75) is 37.1 Å². The number of thioether (sulfide) groups is 1. The van der Waals surface area contributed by atoms with Gasteiger partial charge < -0.3 is 10.1 Å². The zero-order chi connectivity index (χ0) is 14.5. The molecule has 2 aliphatic rings. The number of rotatable bonds is 4. The highest BCUT2D eigenvalue weighted by atomic mass is 35.5. The molecule has 2 saturated heterocycles. The normalized spacial score (nSPS) is 23.1. The fourth-order valence-corrected chi connectivity index (χ4v) is 4.61. The van der Waals surface area contributed by atoms with Crippen LogP contribution in [0.25, 0.3) is 0 Å². The van der Waals surface area contributed by atoms with Crippen molar-refractivity contribution in [3.63, 3.8) is 0 Å². The van der Waals surface area contributed by atoms with Gasteiger partial charge in [0.25, 0.3) is 0 Å². The van der Waals surface area contributed by atoms with Crippen molar-refractivity contribution in [1.82, 2.24) is 5.32 Å². The summed E-state index contributed by atoms with van der Waals surface area (Å²) in [5, 5.41) is 4.66. The lowest BCUT2D eigenvalue weighted by atomic mass is 9.74. The lowest BCUT2D eigenvalue weighted by molar-refractivity contribution is 0.0487. The Kier molecular flexibility index (Phi) is 5.49. The third-order valence-electron chi connectivity index (χ3n) is 4.86. The first-order valence-corrected chi connectivity index (χ1v) is 9.47. The van der Waals surface area contributed by atoms with Gasteiger partial charge in [0.2, 0.25) is 0 Å². The van der Waals surface area contributed by atoms with Gasteiger partial charge in [0, 0.05) is 36.2 Å². The van der Waals surface area contributed by atoms with Gasteiger partial charge in [0.1, 0.15) is 0 Å². The number of hydrogen-bond acceptors (Lipinski definition) is 3. The highest BCUT2D eigenvalue weighted by Gasteiger charge is 2.34. The fourth-order valence-electron chi connectivity index (χ4n) is 3.37. The summed E-state index contributed by atoms with van der Waals surface area (Å²) in [6, 6.07) is 9.13. The van der Waals surface area contributed by atoms with Crippen molar-refractivity contribution in [1.29, 1.82) is 0 Å². The number of nitrogens with one attached hydrogen (secondary N) is 1. The lowest BCUT2D eigenvalue weighted by Crippen LogP contribution is -2.46. The third kappa shape index (κ3) is 3.95. The second-order valence-corrected chi connectivity index (χ2v) is 7.83. The Morgan fingerprint density at radius 2 is 1.81 bits per heavy atom. The predicted molar refractivity (Wildman–Crippen MR) is 91.5 cm³/mol. The Morgan fingerprint density at radius 1 is 1.14 bits per heavy atom. The molecule has 0 aliphatic carbocycles. The maximum Gasteiger partial charge on any atom is 0.0475 e. The third-order valence-corrected chi connectivity index (χ3v) is 6.16. The van der Waals surface area contributed by atoms with E-state index in [1.165, 1.54) is 29.9 Å². The van der Waals surface area contributed by atoms with Crippen LogP contribution in [-0.4, -0.2) is 37.3 Å². The highest BCUT2D eigenvalue weighted by Crippen LogP contribution is 2.35. The average Bonchev–Trinajstić information content (AvgIpc) is 2.55. The molecule has 0 radical (unpaired) electrons. The van der Waals surface area contributed by atoms with E-state index in [-0.39, 0.29) is 5.41 Å². The molecule has 21 heavy (non-hydrogen) atoms. The molecule has 2 nitrogen and oxygen atoms in total. The summed E-state index contributed by atoms with van der Waals surface area (Å²) >= 11 is 8.13. The molecule has 3 rings (SSSR count). The van der Waals surface area contributed by atoms with Gasteiger partial charge >= 0.3 is 0 Å². The van der Waals surface area contributed by atoms with Crippen LogP contribution in [0.2, 0.25) is 5.02 Å². The molecule has 0 amide bonds.